The molecule has 5 heteroatoms. The van der Waals surface area contributed by atoms with E-state index in [-0.39, 0.29) is 12.1 Å². The van der Waals surface area contributed by atoms with Crippen molar-refractivity contribution in [3.05, 3.63) is 35.4 Å². The number of hydrogen-bond donors (Lipinski definition) is 1. The van der Waals surface area contributed by atoms with Crippen LogP contribution in [0.25, 0.3) is 0 Å². The quantitative estimate of drug-likeness (QED) is 0.871. The molecule has 0 atom stereocenters. The fraction of sp³-hybridized carbons (Fsp3) is 0.471. The molecule has 1 fully saturated rings. The van der Waals surface area contributed by atoms with Crippen LogP contribution in [0, 0.1) is 23.5 Å². The van der Waals surface area contributed by atoms with E-state index in [1.807, 2.05) is 0 Å². The maximum absolute atomic E-state index is 13.0. The van der Waals surface area contributed by atoms with Gasteiger partial charge in [0.15, 0.2) is 11.6 Å². The molecular weight excluding hydrogens is 286 g/mol. The van der Waals surface area contributed by atoms with E-state index in [0.717, 1.165) is 25.2 Å². The smallest absolute Gasteiger partial charge is 0.252 e. The van der Waals surface area contributed by atoms with E-state index in [9.17, 15) is 13.6 Å². The third-order valence-corrected chi connectivity index (χ3v) is 3.65. The number of nitrogens with one attached hydrogen (secondary N) is 1. The molecule has 0 bridgehead atoms. The van der Waals surface area contributed by atoms with Gasteiger partial charge in [-0.2, -0.15) is 0 Å². The Bertz CT molecular complexity index is 570. The lowest BCUT2D eigenvalue weighted by Crippen LogP contribution is -2.26. The maximum atomic E-state index is 13.0. The fourth-order valence-corrected chi connectivity index (χ4v) is 2.39. The number of carbonyl (C=O) groups excluding carboxylic acids is 1. The molecule has 0 saturated carbocycles. The van der Waals surface area contributed by atoms with Gasteiger partial charge < -0.3 is 5.32 Å². The molecule has 0 aromatic heterocycles. The van der Waals surface area contributed by atoms with Gasteiger partial charge in [-0.15, -0.1) is 0 Å². The zero-order valence-electron chi connectivity index (χ0n) is 12.5. The van der Waals surface area contributed by atoms with Crippen molar-refractivity contribution in [2.24, 2.45) is 0 Å². The molecule has 0 unspecified atom stereocenters. The summed E-state index contributed by atoms with van der Waals surface area (Å²) in [6.07, 6.45) is 5.01. The van der Waals surface area contributed by atoms with Gasteiger partial charge in [0.1, 0.15) is 0 Å². The second-order valence-corrected chi connectivity index (χ2v) is 5.36. The summed E-state index contributed by atoms with van der Waals surface area (Å²) in [4.78, 5) is 14.1. The molecule has 1 aromatic carbocycles. The van der Waals surface area contributed by atoms with Crippen molar-refractivity contribution < 1.29 is 13.6 Å². The first-order valence-corrected chi connectivity index (χ1v) is 7.58. The predicted molar refractivity (Wildman–Crippen MR) is 81.4 cm³/mol. The molecule has 1 aliphatic heterocycles. The third-order valence-electron chi connectivity index (χ3n) is 3.65. The summed E-state index contributed by atoms with van der Waals surface area (Å²) >= 11 is 0. The topological polar surface area (TPSA) is 32.3 Å². The van der Waals surface area contributed by atoms with Crippen molar-refractivity contribution in [3.63, 3.8) is 0 Å². The van der Waals surface area contributed by atoms with E-state index >= 15 is 0 Å². The van der Waals surface area contributed by atoms with Crippen LogP contribution < -0.4 is 5.32 Å². The highest BCUT2D eigenvalue weighted by molar-refractivity contribution is 5.94. The Kier molecular flexibility index (Phi) is 6.35. The molecule has 0 radical (unpaired) electrons. The molecule has 118 valence electrons. The standard InChI is InChI=1S/C17H20F2N2O/c18-15-8-7-14(13-16(15)19)17(22)20-9-3-6-12-21-10-4-1-2-5-11-21/h7-8,13H,1-2,4-5,9-12H2,(H,20,22). The van der Waals surface area contributed by atoms with E-state index in [4.69, 9.17) is 0 Å². The molecule has 1 aliphatic rings. The summed E-state index contributed by atoms with van der Waals surface area (Å²) in [6.45, 7) is 3.07. The number of halogens is 2. The molecule has 1 heterocycles. The van der Waals surface area contributed by atoms with E-state index in [1.165, 1.54) is 31.7 Å². The molecule has 1 aromatic rings. The molecule has 1 N–H and O–H groups in total. The average molecular weight is 306 g/mol. The first-order chi connectivity index (χ1) is 10.7. The van der Waals surface area contributed by atoms with Crippen LogP contribution in [-0.4, -0.2) is 37.0 Å². The molecule has 1 amide bonds. The van der Waals surface area contributed by atoms with Gasteiger partial charge in [0.25, 0.3) is 5.91 Å². The van der Waals surface area contributed by atoms with E-state index in [0.29, 0.717) is 6.54 Å². The third kappa shape index (κ3) is 5.12. The van der Waals surface area contributed by atoms with Crippen LogP contribution in [0.1, 0.15) is 36.0 Å². The molecule has 2 rings (SSSR count). The lowest BCUT2D eigenvalue weighted by atomic mass is 10.2. The first-order valence-electron chi connectivity index (χ1n) is 7.58. The highest BCUT2D eigenvalue weighted by Gasteiger charge is 2.09. The minimum atomic E-state index is -1.03. The van der Waals surface area contributed by atoms with Crippen molar-refractivity contribution in [2.75, 3.05) is 26.2 Å². The summed E-state index contributed by atoms with van der Waals surface area (Å²) in [6, 6.07) is 3.07. The summed E-state index contributed by atoms with van der Waals surface area (Å²) in [5.74, 6) is 3.48. The summed E-state index contributed by atoms with van der Waals surface area (Å²) in [5.41, 5.74) is 0.0909. The van der Waals surface area contributed by atoms with Crippen LogP contribution in [0.5, 0.6) is 0 Å². The summed E-state index contributed by atoms with van der Waals surface area (Å²) < 4.78 is 25.8. The average Bonchev–Trinajstić information content (AvgIpc) is 2.78. The second kappa shape index (κ2) is 8.50. The Morgan fingerprint density at radius 2 is 1.82 bits per heavy atom. The van der Waals surface area contributed by atoms with Gasteiger partial charge in [-0.3, -0.25) is 9.69 Å². The zero-order chi connectivity index (χ0) is 15.8. The SMILES string of the molecule is O=C(NCC#CCN1CCCCCC1)c1ccc(F)c(F)c1. The predicted octanol–water partition coefficient (Wildman–Crippen LogP) is 2.57. The number of benzene rings is 1. The minimum absolute atomic E-state index is 0.0909. The zero-order valence-corrected chi connectivity index (χ0v) is 12.5. The lowest BCUT2D eigenvalue weighted by Gasteiger charge is -2.15. The van der Waals surface area contributed by atoms with Crippen molar-refractivity contribution in [1.82, 2.24) is 10.2 Å². The molecule has 22 heavy (non-hydrogen) atoms. The largest absolute Gasteiger partial charge is 0.341 e. The van der Waals surface area contributed by atoms with Gasteiger partial charge >= 0.3 is 0 Å². The number of amides is 1. The van der Waals surface area contributed by atoms with Crippen LogP contribution in [0.15, 0.2) is 18.2 Å². The lowest BCUT2D eigenvalue weighted by molar-refractivity contribution is 0.0958. The number of hydrogen-bond acceptors (Lipinski definition) is 2. The van der Waals surface area contributed by atoms with Crippen LogP contribution in [0.4, 0.5) is 8.78 Å². The first kappa shape index (κ1) is 16.4. The van der Waals surface area contributed by atoms with Crippen molar-refractivity contribution in [1.29, 1.82) is 0 Å². The molecule has 0 aliphatic carbocycles. The molecule has 0 spiro atoms. The van der Waals surface area contributed by atoms with E-state index < -0.39 is 17.5 Å². The van der Waals surface area contributed by atoms with Gasteiger partial charge in [0.2, 0.25) is 0 Å². The van der Waals surface area contributed by atoms with E-state index in [1.54, 1.807) is 0 Å². The highest BCUT2D eigenvalue weighted by atomic mass is 19.2. The summed E-state index contributed by atoms with van der Waals surface area (Å²) in [5, 5.41) is 2.58. The van der Waals surface area contributed by atoms with Crippen molar-refractivity contribution in [3.8, 4) is 11.8 Å². The van der Waals surface area contributed by atoms with Crippen molar-refractivity contribution in [2.45, 2.75) is 25.7 Å². The Hall–Kier alpha value is -1.93. The Morgan fingerprint density at radius 3 is 2.50 bits per heavy atom. The van der Waals surface area contributed by atoms with Gasteiger partial charge in [-0.05, 0) is 44.1 Å². The number of carbonyl (C=O) groups is 1. The van der Waals surface area contributed by atoms with E-state index in [2.05, 4.69) is 22.1 Å². The van der Waals surface area contributed by atoms with Gasteiger partial charge in [-0.25, -0.2) is 8.78 Å². The van der Waals surface area contributed by atoms with Crippen LogP contribution >= 0.6 is 0 Å². The monoisotopic (exact) mass is 306 g/mol. The molecule has 1 saturated heterocycles. The Morgan fingerprint density at radius 1 is 1.09 bits per heavy atom. The van der Waals surface area contributed by atoms with Crippen LogP contribution in [0.3, 0.4) is 0 Å². The number of rotatable bonds is 3. The Labute approximate surface area is 129 Å². The Balaban J connectivity index is 1.74. The van der Waals surface area contributed by atoms with Gasteiger partial charge in [0.05, 0.1) is 13.1 Å². The molecule has 3 nitrogen and oxygen atoms in total. The van der Waals surface area contributed by atoms with Gasteiger partial charge in [0, 0.05) is 5.56 Å². The van der Waals surface area contributed by atoms with Crippen LogP contribution in [-0.2, 0) is 0 Å². The highest BCUT2D eigenvalue weighted by Crippen LogP contribution is 2.09. The maximum Gasteiger partial charge on any atom is 0.252 e. The molecular formula is C17H20F2N2O. The fourth-order valence-electron chi connectivity index (χ4n) is 2.39. The minimum Gasteiger partial charge on any atom is -0.341 e. The second-order valence-electron chi connectivity index (χ2n) is 5.36. The summed E-state index contributed by atoms with van der Waals surface area (Å²) in [7, 11) is 0. The number of likely N-dealkylation sites (tertiary alicyclic amines) is 1. The normalized spacial score (nSPS) is 15.5. The van der Waals surface area contributed by atoms with Crippen LogP contribution in [0.2, 0.25) is 0 Å². The van der Waals surface area contributed by atoms with Gasteiger partial charge in [-0.1, -0.05) is 24.7 Å². The van der Waals surface area contributed by atoms with Crippen molar-refractivity contribution >= 4 is 5.91 Å². The number of nitrogens with zero attached hydrogens (tertiary/aromatic N) is 1.